The number of hydrogen-bond acceptors (Lipinski definition) is 3. The molecular weight excluding hydrogens is 341 g/mol. The van der Waals surface area contributed by atoms with Gasteiger partial charge in [0.25, 0.3) is 0 Å². The van der Waals surface area contributed by atoms with E-state index in [1.807, 2.05) is 19.2 Å². The number of likely N-dealkylation sites (N-methyl/N-ethyl adjacent to an activating group) is 1. The maximum absolute atomic E-state index is 13.4. The van der Waals surface area contributed by atoms with Gasteiger partial charge < -0.3 is 4.90 Å². The van der Waals surface area contributed by atoms with Crippen LogP contribution >= 0.6 is 0 Å². The molecule has 1 saturated heterocycles. The quantitative estimate of drug-likeness (QED) is 0.713. The number of benzene rings is 2. The molecule has 4 nitrogen and oxygen atoms in total. The van der Waals surface area contributed by atoms with Crippen molar-refractivity contribution >= 4 is 16.8 Å². The molecule has 1 amide bonds. The third-order valence-electron chi connectivity index (χ3n) is 5.10. The molecule has 27 heavy (non-hydrogen) atoms. The summed E-state index contributed by atoms with van der Waals surface area (Å²) in [5.74, 6) is -0.129. The zero-order chi connectivity index (χ0) is 19.0. The third-order valence-corrected chi connectivity index (χ3v) is 5.10. The van der Waals surface area contributed by atoms with E-state index < -0.39 is 0 Å². The topological polar surface area (TPSA) is 36.4 Å². The fourth-order valence-corrected chi connectivity index (χ4v) is 3.50. The maximum Gasteiger partial charge on any atom is 0.236 e. The van der Waals surface area contributed by atoms with Gasteiger partial charge in [-0.2, -0.15) is 0 Å². The van der Waals surface area contributed by atoms with E-state index in [0.717, 1.165) is 40.8 Å². The van der Waals surface area contributed by atoms with Crippen molar-refractivity contribution in [3.63, 3.8) is 0 Å². The molecule has 0 N–H and O–H groups in total. The Hall–Kier alpha value is -2.79. The van der Waals surface area contributed by atoms with Gasteiger partial charge in [-0.1, -0.05) is 11.6 Å². The molecule has 5 heteroatoms. The van der Waals surface area contributed by atoms with E-state index in [9.17, 15) is 9.18 Å². The molecule has 2 aromatic carbocycles. The van der Waals surface area contributed by atoms with Crippen LogP contribution in [0.5, 0.6) is 0 Å². The summed E-state index contributed by atoms with van der Waals surface area (Å²) < 4.78 is 13.4. The summed E-state index contributed by atoms with van der Waals surface area (Å²) in [7, 11) is 1.84. The van der Waals surface area contributed by atoms with Crippen LogP contribution in [0.2, 0.25) is 0 Å². The summed E-state index contributed by atoms with van der Waals surface area (Å²) in [5.41, 5.74) is 4.88. The summed E-state index contributed by atoms with van der Waals surface area (Å²) in [6.45, 7) is 4.67. The first-order chi connectivity index (χ1) is 13.0. The number of fused-ring (bicyclic) bond motifs is 1. The van der Waals surface area contributed by atoms with Gasteiger partial charge >= 0.3 is 0 Å². The highest BCUT2D eigenvalue weighted by Gasteiger charge is 2.22. The van der Waals surface area contributed by atoms with Gasteiger partial charge in [-0.3, -0.25) is 9.69 Å². The van der Waals surface area contributed by atoms with Crippen molar-refractivity contribution in [1.82, 2.24) is 14.8 Å². The zero-order valence-electron chi connectivity index (χ0n) is 15.6. The third kappa shape index (κ3) is 3.69. The van der Waals surface area contributed by atoms with Gasteiger partial charge in [0.05, 0.1) is 17.8 Å². The number of piperazine rings is 1. The minimum Gasteiger partial charge on any atom is -0.343 e. The van der Waals surface area contributed by atoms with E-state index in [-0.39, 0.29) is 11.7 Å². The lowest BCUT2D eigenvalue weighted by Crippen LogP contribution is -2.48. The number of pyridine rings is 1. The molecule has 0 radical (unpaired) electrons. The molecule has 0 spiro atoms. The van der Waals surface area contributed by atoms with Gasteiger partial charge in [-0.25, -0.2) is 9.37 Å². The fourth-order valence-electron chi connectivity index (χ4n) is 3.50. The van der Waals surface area contributed by atoms with Gasteiger partial charge in [0.1, 0.15) is 5.82 Å². The highest BCUT2D eigenvalue weighted by atomic mass is 19.1. The Kier molecular flexibility index (Phi) is 4.62. The molecule has 0 atom stereocenters. The van der Waals surface area contributed by atoms with Crippen LogP contribution in [0, 0.1) is 12.7 Å². The van der Waals surface area contributed by atoms with Crippen LogP contribution in [0.1, 0.15) is 11.1 Å². The highest BCUT2D eigenvalue weighted by molar-refractivity contribution is 5.84. The summed E-state index contributed by atoms with van der Waals surface area (Å²) in [6, 6.07) is 14.8. The number of carbonyl (C=O) groups is 1. The van der Waals surface area contributed by atoms with E-state index in [2.05, 4.69) is 24.0 Å². The Morgan fingerprint density at radius 1 is 1.07 bits per heavy atom. The Bertz CT molecular complexity index is 1000. The normalized spacial score (nSPS) is 15.5. The summed E-state index contributed by atoms with van der Waals surface area (Å²) in [5, 5.41) is 1.08. The summed E-state index contributed by atoms with van der Waals surface area (Å²) in [6.07, 6.45) is 0. The van der Waals surface area contributed by atoms with E-state index in [1.165, 1.54) is 17.7 Å². The Labute approximate surface area is 158 Å². The molecule has 2 heterocycles. The second-order valence-corrected chi connectivity index (χ2v) is 7.23. The predicted molar refractivity (Wildman–Crippen MR) is 105 cm³/mol. The predicted octanol–water partition coefficient (Wildman–Crippen LogP) is 3.62. The van der Waals surface area contributed by atoms with E-state index >= 15 is 0 Å². The lowest BCUT2D eigenvalue weighted by Gasteiger charge is -2.32. The van der Waals surface area contributed by atoms with Gasteiger partial charge in [0, 0.05) is 37.6 Å². The highest BCUT2D eigenvalue weighted by Crippen LogP contribution is 2.28. The molecule has 1 fully saturated rings. The second kappa shape index (κ2) is 7.08. The first kappa shape index (κ1) is 17.6. The average Bonchev–Trinajstić information content (AvgIpc) is 2.65. The van der Waals surface area contributed by atoms with Crippen LogP contribution in [0.15, 0.2) is 48.5 Å². The number of carbonyl (C=O) groups excluding carboxylic acids is 1. The van der Waals surface area contributed by atoms with Crippen LogP contribution in [0.25, 0.3) is 22.2 Å². The lowest BCUT2D eigenvalue weighted by atomic mass is 10.0. The SMILES string of the molecule is Cc1ccc2nc(-c3ccc(F)cc3)c(CN3CCN(C)C(=O)C3)cc2c1. The van der Waals surface area contributed by atoms with Crippen molar-refractivity contribution in [3.05, 3.63) is 65.5 Å². The minimum atomic E-state index is -0.263. The van der Waals surface area contributed by atoms with Crippen LogP contribution in [0.3, 0.4) is 0 Å². The first-order valence-corrected chi connectivity index (χ1v) is 9.12. The van der Waals surface area contributed by atoms with E-state index in [1.54, 1.807) is 17.0 Å². The number of aryl methyl sites for hydroxylation is 1. The second-order valence-electron chi connectivity index (χ2n) is 7.23. The van der Waals surface area contributed by atoms with Crippen LogP contribution < -0.4 is 0 Å². The van der Waals surface area contributed by atoms with Crippen molar-refractivity contribution in [2.75, 3.05) is 26.7 Å². The van der Waals surface area contributed by atoms with Crippen LogP contribution in [-0.4, -0.2) is 47.4 Å². The maximum atomic E-state index is 13.4. The molecule has 1 aliphatic heterocycles. The number of aromatic nitrogens is 1. The van der Waals surface area contributed by atoms with Crippen molar-refractivity contribution in [1.29, 1.82) is 0 Å². The van der Waals surface area contributed by atoms with Gasteiger partial charge in [-0.05, 0) is 55.0 Å². The number of amides is 1. The standard InChI is InChI=1S/C22H22FN3O/c1-15-3-8-20-17(11-15)12-18(13-26-10-9-25(2)21(27)14-26)22(24-20)16-4-6-19(23)7-5-16/h3-8,11-12H,9-10,13-14H2,1-2H3. The molecule has 1 aliphatic rings. The largest absolute Gasteiger partial charge is 0.343 e. The average molecular weight is 363 g/mol. The van der Waals surface area contributed by atoms with Gasteiger partial charge in [0.2, 0.25) is 5.91 Å². The van der Waals surface area contributed by atoms with Crippen molar-refractivity contribution in [2.45, 2.75) is 13.5 Å². The van der Waals surface area contributed by atoms with Crippen LogP contribution in [0.4, 0.5) is 4.39 Å². The molecule has 4 rings (SSSR count). The molecule has 0 bridgehead atoms. The summed E-state index contributed by atoms with van der Waals surface area (Å²) in [4.78, 5) is 20.9. The fraction of sp³-hybridized carbons (Fsp3) is 0.273. The Morgan fingerprint density at radius 3 is 2.59 bits per heavy atom. The smallest absolute Gasteiger partial charge is 0.236 e. The molecule has 1 aromatic heterocycles. The Balaban J connectivity index is 1.77. The monoisotopic (exact) mass is 363 g/mol. The first-order valence-electron chi connectivity index (χ1n) is 9.12. The van der Waals surface area contributed by atoms with Gasteiger partial charge in [0.15, 0.2) is 0 Å². The Morgan fingerprint density at radius 2 is 1.85 bits per heavy atom. The molecule has 0 aliphatic carbocycles. The molecule has 138 valence electrons. The molecule has 0 unspecified atom stereocenters. The van der Waals surface area contributed by atoms with Crippen molar-refractivity contribution in [2.24, 2.45) is 0 Å². The van der Waals surface area contributed by atoms with Crippen molar-refractivity contribution < 1.29 is 9.18 Å². The van der Waals surface area contributed by atoms with Crippen molar-refractivity contribution in [3.8, 4) is 11.3 Å². The molecular formula is C22H22FN3O. The van der Waals surface area contributed by atoms with E-state index in [0.29, 0.717) is 13.1 Å². The number of rotatable bonds is 3. The minimum absolute atomic E-state index is 0.133. The number of nitrogens with zero attached hydrogens (tertiary/aromatic N) is 3. The number of halogens is 1. The van der Waals surface area contributed by atoms with Gasteiger partial charge in [-0.15, -0.1) is 0 Å². The molecule has 0 saturated carbocycles. The summed E-state index contributed by atoms with van der Waals surface area (Å²) >= 11 is 0. The zero-order valence-corrected chi connectivity index (χ0v) is 15.6. The molecule has 3 aromatic rings. The number of hydrogen-bond donors (Lipinski definition) is 0. The van der Waals surface area contributed by atoms with Crippen LogP contribution in [-0.2, 0) is 11.3 Å². The van der Waals surface area contributed by atoms with E-state index in [4.69, 9.17) is 4.98 Å². The lowest BCUT2D eigenvalue weighted by molar-refractivity contribution is -0.134.